The molecule has 0 spiro atoms. The van der Waals surface area contributed by atoms with Crippen LogP contribution in [0.5, 0.6) is 0 Å². The van der Waals surface area contributed by atoms with Gasteiger partial charge in [0, 0.05) is 28.4 Å². The van der Waals surface area contributed by atoms with E-state index in [0.29, 0.717) is 27.3 Å². The van der Waals surface area contributed by atoms with E-state index < -0.39 is 19.2 Å². The van der Waals surface area contributed by atoms with E-state index in [9.17, 15) is 4.79 Å². The lowest BCUT2D eigenvalue weighted by atomic mass is 9.87. The minimum absolute atomic E-state index is 0.0959. The SMILES string of the molecule is [2H]C([2H])([2H])C([2H])([2H])/C(=C(/c1ccc(/C=C/C(=O)O)cc1)c1ccc2[nH]ncc2c1)c1ccc(Cl)cc1Cl. The van der Waals surface area contributed by atoms with Crippen LogP contribution in [0.3, 0.4) is 0 Å². The van der Waals surface area contributed by atoms with Gasteiger partial charge in [-0.05, 0) is 70.1 Å². The molecule has 160 valence electrons. The van der Waals surface area contributed by atoms with Gasteiger partial charge in [-0.25, -0.2) is 4.79 Å². The van der Waals surface area contributed by atoms with Crippen LogP contribution in [0.15, 0.2) is 72.9 Å². The van der Waals surface area contributed by atoms with Crippen molar-refractivity contribution < 1.29 is 16.8 Å². The van der Waals surface area contributed by atoms with E-state index in [2.05, 4.69) is 10.2 Å². The summed E-state index contributed by atoms with van der Waals surface area (Å²) in [5.74, 6) is -1.09. The van der Waals surface area contributed by atoms with Gasteiger partial charge in [-0.2, -0.15) is 5.10 Å². The number of hydrogen-bond acceptors (Lipinski definition) is 2. The van der Waals surface area contributed by atoms with Crippen molar-refractivity contribution in [2.45, 2.75) is 13.2 Å². The summed E-state index contributed by atoms with van der Waals surface area (Å²) in [6.07, 6.45) is 1.22. The number of carboxylic acid groups (broad SMARTS) is 1. The third-order valence-electron chi connectivity index (χ3n) is 4.92. The van der Waals surface area contributed by atoms with Gasteiger partial charge in [0.15, 0.2) is 0 Å². The van der Waals surface area contributed by atoms with E-state index in [0.717, 1.165) is 17.0 Å². The van der Waals surface area contributed by atoms with Gasteiger partial charge < -0.3 is 5.11 Å². The highest BCUT2D eigenvalue weighted by molar-refractivity contribution is 6.36. The highest BCUT2D eigenvalue weighted by atomic mass is 35.5. The lowest BCUT2D eigenvalue weighted by Gasteiger charge is -2.18. The fourth-order valence-electron chi connectivity index (χ4n) is 3.44. The maximum absolute atomic E-state index is 10.9. The van der Waals surface area contributed by atoms with Crippen molar-refractivity contribution in [1.82, 2.24) is 10.2 Å². The first-order valence-corrected chi connectivity index (χ1v) is 10.3. The standard InChI is InChI=1S/C26H20Cl2N2O2/c1-2-21(22-10-9-20(27)14-23(22)28)26(18-8-11-24-19(13-18)15-29-30-24)17-6-3-16(4-7-17)5-12-25(31)32/h3-15H,2H2,1H3,(H,29,30)(H,31,32)/b12-5+,26-21+/i1D3,2D2. The van der Waals surface area contributed by atoms with Crippen LogP contribution in [0, 0.1) is 0 Å². The van der Waals surface area contributed by atoms with Gasteiger partial charge in [-0.15, -0.1) is 0 Å². The number of carbonyl (C=O) groups is 1. The monoisotopic (exact) mass is 467 g/mol. The number of carboxylic acids is 1. The molecule has 0 fully saturated rings. The fourth-order valence-corrected chi connectivity index (χ4v) is 3.94. The fraction of sp³-hybridized carbons (Fsp3) is 0.0769. The van der Waals surface area contributed by atoms with Crippen LogP contribution in [0.2, 0.25) is 10.0 Å². The van der Waals surface area contributed by atoms with Crippen molar-refractivity contribution in [2.75, 3.05) is 0 Å². The Labute approximate surface area is 202 Å². The number of nitrogens with zero attached hydrogens (tertiary/aromatic N) is 1. The number of benzene rings is 3. The molecule has 4 aromatic rings. The molecule has 0 aliphatic carbocycles. The molecule has 0 atom stereocenters. The number of aromatic nitrogens is 2. The second-order valence-electron chi connectivity index (χ2n) is 6.96. The van der Waals surface area contributed by atoms with Gasteiger partial charge in [-0.3, -0.25) is 5.10 Å². The maximum atomic E-state index is 10.9. The van der Waals surface area contributed by atoms with Crippen molar-refractivity contribution in [2.24, 2.45) is 0 Å². The number of fused-ring (bicyclic) bond motifs is 1. The molecule has 2 N–H and O–H groups in total. The molecular weight excluding hydrogens is 443 g/mol. The lowest BCUT2D eigenvalue weighted by molar-refractivity contribution is -0.131. The molecule has 1 aromatic heterocycles. The zero-order chi connectivity index (χ0) is 27.0. The Bertz CT molecular complexity index is 1540. The van der Waals surface area contributed by atoms with Crippen molar-refractivity contribution in [3.8, 4) is 0 Å². The van der Waals surface area contributed by atoms with E-state index >= 15 is 0 Å². The summed E-state index contributed by atoms with van der Waals surface area (Å²) in [6.45, 7) is -3.04. The Morgan fingerprint density at radius 1 is 1.12 bits per heavy atom. The summed E-state index contributed by atoms with van der Waals surface area (Å²) in [5, 5.41) is 17.0. The molecule has 0 saturated carbocycles. The second-order valence-corrected chi connectivity index (χ2v) is 7.81. The second kappa shape index (κ2) is 9.43. The number of aliphatic carboxylic acids is 1. The molecule has 3 aromatic carbocycles. The van der Waals surface area contributed by atoms with Crippen LogP contribution in [-0.4, -0.2) is 21.3 Å². The van der Waals surface area contributed by atoms with Gasteiger partial charge in [-0.1, -0.05) is 66.5 Å². The molecule has 0 unspecified atom stereocenters. The number of hydrogen-bond donors (Lipinski definition) is 2. The zero-order valence-electron chi connectivity index (χ0n) is 21.6. The molecule has 32 heavy (non-hydrogen) atoms. The van der Waals surface area contributed by atoms with Crippen LogP contribution in [0.4, 0.5) is 0 Å². The first-order chi connectivity index (χ1) is 17.4. The predicted octanol–water partition coefficient (Wildman–Crippen LogP) is 7.34. The third kappa shape index (κ3) is 4.62. The molecule has 0 radical (unpaired) electrons. The Hall–Kier alpha value is -3.34. The molecular formula is C26H20Cl2N2O2. The molecule has 0 bridgehead atoms. The highest BCUT2D eigenvalue weighted by Crippen LogP contribution is 2.38. The van der Waals surface area contributed by atoms with Crippen LogP contribution in [-0.2, 0) is 4.79 Å². The molecule has 6 heteroatoms. The minimum Gasteiger partial charge on any atom is -0.478 e. The van der Waals surface area contributed by atoms with Crippen LogP contribution in [0.1, 0.15) is 42.3 Å². The molecule has 0 saturated heterocycles. The van der Waals surface area contributed by atoms with Gasteiger partial charge in [0.25, 0.3) is 0 Å². The molecule has 0 aliphatic heterocycles. The molecule has 1 heterocycles. The average Bonchev–Trinajstić information content (AvgIpc) is 3.29. The number of aromatic amines is 1. The summed E-state index contributed by atoms with van der Waals surface area (Å²) < 4.78 is 41.8. The van der Waals surface area contributed by atoms with E-state index in [1.54, 1.807) is 48.7 Å². The van der Waals surface area contributed by atoms with Crippen LogP contribution >= 0.6 is 23.2 Å². The Balaban J connectivity index is 2.10. The van der Waals surface area contributed by atoms with Gasteiger partial charge in [0.2, 0.25) is 0 Å². The van der Waals surface area contributed by atoms with Crippen molar-refractivity contribution in [3.63, 3.8) is 0 Å². The number of allylic oxidation sites excluding steroid dienone is 1. The third-order valence-corrected chi connectivity index (χ3v) is 5.47. The quantitative estimate of drug-likeness (QED) is 0.230. The molecule has 0 aliphatic rings. The van der Waals surface area contributed by atoms with Gasteiger partial charge >= 0.3 is 5.97 Å². The number of H-pyrrole nitrogens is 1. The Morgan fingerprint density at radius 2 is 1.91 bits per heavy atom. The van der Waals surface area contributed by atoms with E-state index in [-0.39, 0.29) is 16.2 Å². The Morgan fingerprint density at radius 3 is 2.62 bits per heavy atom. The highest BCUT2D eigenvalue weighted by Gasteiger charge is 2.16. The van der Waals surface area contributed by atoms with Crippen molar-refractivity contribution in [1.29, 1.82) is 0 Å². The van der Waals surface area contributed by atoms with Gasteiger partial charge in [0.05, 0.1) is 11.7 Å². The topological polar surface area (TPSA) is 66.0 Å². The summed E-state index contributed by atoms with van der Waals surface area (Å²) in [4.78, 5) is 10.9. The first-order valence-electron chi connectivity index (χ1n) is 12.0. The Kier molecular flexibility index (Phi) is 4.81. The smallest absolute Gasteiger partial charge is 0.328 e. The normalized spacial score (nSPS) is 15.5. The molecule has 4 rings (SSSR count). The van der Waals surface area contributed by atoms with E-state index in [1.165, 1.54) is 24.3 Å². The molecule has 0 amide bonds. The van der Waals surface area contributed by atoms with E-state index in [4.69, 9.17) is 35.2 Å². The number of rotatable bonds is 6. The largest absolute Gasteiger partial charge is 0.478 e. The van der Waals surface area contributed by atoms with Crippen LogP contribution < -0.4 is 0 Å². The zero-order valence-corrected chi connectivity index (χ0v) is 18.1. The predicted molar refractivity (Wildman–Crippen MR) is 132 cm³/mol. The van der Waals surface area contributed by atoms with E-state index in [1.807, 2.05) is 0 Å². The summed E-state index contributed by atoms with van der Waals surface area (Å²) in [6, 6.07) is 16.4. The maximum Gasteiger partial charge on any atom is 0.328 e. The molecule has 4 nitrogen and oxygen atoms in total. The van der Waals surface area contributed by atoms with Crippen molar-refractivity contribution in [3.05, 3.63) is 105 Å². The van der Waals surface area contributed by atoms with Crippen LogP contribution in [0.25, 0.3) is 28.1 Å². The number of nitrogens with one attached hydrogen (secondary N) is 1. The van der Waals surface area contributed by atoms with Crippen molar-refractivity contribution >= 4 is 57.3 Å². The summed E-state index contributed by atoms with van der Waals surface area (Å²) >= 11 is 12.6. The first kappa shape index (κ1) is 16.3. The summed E-state index contributed by atoms with van der Waals surface area (Å²) in [5.41, 5.74) is 2.75. The van der Waals surface area contributed by atoms with Gasteiger partial charge in [0.1, 0.15) is 0 Å². The minimum atomic E-state index is -3.04. The average molecular weight is 468 g/mol. The summed E-state index contributed by atoms with van der Waals surface area (Å²) in [7, 11) is 0. The number of halogens is 2. The lowest BCUT2D eigenvalue weighted by Crippen LogP contribution is -1.96.